The zero-order valence-electron chi connectivity index (χ0n) is 8.89. The van der Waals surface area contributed by atoms with Crippen LogP contribution in [0, 0.1) is 0 Å². The van der Waals surface area contributed by atoms with Crippen LogP contribution >= 0.6 is 11.3 Å². The number of hydrogen-bond acceptors (Lipinski definition) is 4. The molecule has 2 aliphatic heterocycles. The quantitative estimate of drug-likeness (QED) is 0.812. The largest absolute Gasteiger partial charge is 0.357 e. The first kappa shape index (κ1) is 8.96. The summed E-state index contributed by atoms with van der Waals surface area (Å²) in [6.07, 6.45) is 3.18. The topological polar surface area (TPSA) is 28.2 Å². The van der Waals surface area contributed by atoms with Crippen LogP contribution in [-0.2, 0) is 0 Å². The standard InChI is InChI=1S/C12H13N3S/c1-2-11-10(13-3-1)5-12(16-11)15-7-8-4-9(15)6-14-8/h1-3,5,8-9,14H,4,6-7H2/t8-,9+/m1/s1. The van der Waals surface area contributed by atoms with Gasteiger partial charge in [0.2, 0.25) is 0 Å². The number of thiophene rings is 1. The van der Waals surface area contributed by atoms with Crippen molar-refractivity contribution in [2.75, 3.05) is 18.0 Å². The first-order valence-electron chi connectivity index (χ1n) is 5.75. The van der Waals surface area contributed by atoms with Crippen LogP contribution in [-0.4, -0.2) is 30.2 Å². The van der Waals surface area contributed by atoms with Crippen LogP contribution in [0.25, 0.3) is 10.2 Å². The molecule has 2 aromatic heterocycles. The van der Waals surface area contributed by atoms with Gasteiger partial charge in [0, 0.05) is 31.4 Å². The van der Waals surface area contributed by atoms with Gasteiger partial charge in [0.25, 0.3) is 0 Å². The Hall–Kier alpha value is -1.13. The number of nitrogens with zero attached hydrogens (tertiary/aromatic N) is 2. The zero-order valence-corrected chi connectivity index (χ0v) is 9.70. The average molecular weight is 231 g/mol. The van der Waals surface area contributed by atoms with Gasteiger partial charge < -0.3 is 10.2 Å². The van der Waals surface area contributed by atoms with Gasteiger partial charge in [-0.25, -0.2) is 0 Å². The van der Waals surface area contributed by atoms with Crippen LogP contribution in [0.4, 0.5) is 5.00 Å². The van der Waals surface area contributed by atoms with E-state index in [0.29, 0.717) is 12.1 Å². The molecular weight excluding hydrogens is 218 g/mol. The third kappa shape index (κ3) is 1.20. The van der Waals surface area contributed by atoms with Gasteiger partial charge in [-0.15, -0.1) is 11.3 Å². The maximum Gasteiger partial charge on any atom is 0.0940 e. The molecule has 2 saturated heterocycles. The maximum atomic E-state index is 4.40. The Labute approximate surface area is 98.1 Å². The van der Waals surface area contributed by atoms with Crippen molar-refractivity contribution in [2.45, 2.75) is 18.5 Å². The molecule has 4 heteroatoms. The van der Waals surface area contributed by atoms with E-state index in [1.165, 1.54) is 16.1 Å². The summed E-state index contributed by atoms with van der Waals surface area (Å²) in [5.41, 5.74) is 1.14. The molecule has 0 aromatic carbocycles. The second-order valence-electron chi connectivity index (χ2n) is 4.62. The summed E-state index contributed by atoms with van der Waals surface area (Å²) in [6, 6.07) is 7.82. The number of nitrogens with one attached hydrogen (secondary N) is 1. The van der Waals surface area contributed by atoms with Crippen LogP contribution in [0.15, 0.2) is 24.4 Å². The fourth-order valence-corrected chi connectivity index (χ4v) is 3.93. The third-order valence-electron chi connectivity index (χ3n) is 3.61. The van der Waals surface area contributed by atoms with Crippen LogP contribution in [0.2, 0.25) is 0 Å². The van der Waals surface area contributed by atoms with Crippen molar-refractivity contribution in [2.24, 2.45) is 0 Å². The van der Waals surface area contributed by atoms with Gasteiger partial charge in [-0.1, -0.05) is 0 Å². The van der Waals surface area contributed by atoms with Gasteiger partial charge >= 0.3 is 0 Å². The third-order valence-corrected chi connectivity index (χ3v) is 4.74. The van der Waals surface area contributed by atoms with Crippen LogP contribution < -0.4 is 10.2 Å². The molecule has 0 unspecified atom stereocenters. The molecule has 1 N–H and O–H groups in total. The number of fused-ring (bicyclic) bond motifs is 3. The van der Waals surface area contributed by atoms with Gasteiger partial charge in [0.1, 0.15) is 0 Å². The summed E-state index contributed by atoms with van der Waals surface area (Å²) in [7, 11) is 0. The molecule has 2 fully saturated rings. The van der Waals surface area contributed by atoms with Crippen molar-refractivity contribution in [3.05, 3.63) is 24.4 Å². The second-order valence-corrected chi connectivity index (χ2v) is 5.68. The molecule has 0 saturated carbocycles. The maximum absolute atomic E-state index is 4.40. The highest BCUT2D eigenvalue weighted by Gasteiger charge is 2.38. The summed E-state index contributed by atoms with van der Waals surface area (Å²) in [5, 5.41) is 4.93. The average Bonchev–Trinajstić information content (AvgIpc) is 3.02. The summed E-state index contributed by atoms with van der Waals surface area (Å²) < 4.78 is 1.30. The zero-order chi connectivity index (χ0) is 10.5. The predicted octanol–water partition coefficient (Wildman–Crippen LogP) is 1.85. The van der Waals surface area contributed by atoms with Crippen molar-refractivity contribution >= 4 is 26.6 Å². The van der Waals surface area contributed by atoms with Gasteiger partial charge in [-0.3, -0.25) is 4.98 Å². The Balaban J connectivity index is 1.76. The molecule has 0 radical (unpaired) electrons. The lowest BCUT2D eigenvalue weighted by Gasteiger charge is -2.27. The van der Waals surface area contributed by atoms with Crippen molar-refractivity contribution in [3.8, 4) is 0 Å². The number of rotatable bonds is 1. The molecule has 16 heavy (non-hydrogen) atoms. The van der Waals surface area contributed by atoms with Crippen LogP contribution in [0.5, 0.6) is 0 Å². The number of aromatic nitrogens is 1. The minimum atomic E-state index is 0.707. The van der Waals surface area contributed by atoms with E-state index in [0.717, 1.165) is 18.6 Å². The van der Waals surface area contributed by atoms with Crippen molar-refractivity contribution in [3.63, 3.8) is 0 Å². The molecule has 2 atom stereocenters. The predicted molar refractivity (Wildman–Crippen MR) is 67.2 cm³/mol. The van der Waals surface area contributed by atoms with E-state index in [4.69, 9.17) is 0 Å². The van der Waals surface area contributed by atoms with Gasteiger partial charge in [0.15, 0.2) is 0 Å². The van der Waals surface area contributed by atoms with E-state index in [2.05, 4.69) is 27.3 Å². The highest BCUT2D eigenvalue weighted by atomic mass is 32.1. The molecule has 0 amide bonds. The fraction of sp³-hybridized carbons (Fsp3) is 0.417. The molecule has 82 valence electrons. The number of piperazine rings is 1. The summed E-state index contributed by atoms with van der Waals surface area (Å²) in [5.74, 6) is 0. The highest BCUT2D eigenvalue weighted by Crippen LogP contribution is 2.36. The molecule has 0 spiro atoms. The Kier molecular flexibility index (Phi) is 1.78. The van der Waals surface area contributed by atoms with Crippen LogP contribution in [0.1, 0.15) is 6.42 Å². The first-order valence-corrected chi connectivity index (χ1v) is 6.56. The molecule has 4 rings (SSSR count). The summed E-state index contributed by atoms with van der Waals surface area (Å²) in [4.78, 5) is 6.95. The Morgan fingerprint density at radius 1 is 1.50 bits per heavy atom. The van der Waals surface area contributed by atoms with Crippen molar-refractivity contribution in [1.82, 2.24) is 10.3 Å². The molecular formula is C12H13N3S. The van der Waals surface area contributed by atoms with E-state index in [1.807, 2.05) is 23.6 Å². The van der Waals surface area contributed by atoms with E-state index in [-0.39, 0.29) is 0 Å². The second kappa shape index (κ2) is 3.18. The lowest BCUT2D eigenvalue weighted by Crippen LogP contribution is -2.43. The summed E-state index contributed by atoms with van der Waals surface area (Å²) >= 11 is 1.87. The highest BCUT2D eigenvalue weighted by molar-refractivity contribution is 7.22. The number of hydrogen-bond donors (Lipinski definition) is 1. The molecule has 4 heterocycles. The van der Waals surface area contributed by atoms with Gasteiger partial charge in [-0.05, 0) is 24.6 Å². The molecule has 2 aromatic rings. The van der Waals surface area contributed by atoms with Crippen molar-refractivity contribution in [1.29, 1.82) is 0 Å². The lowest BCUT2D eigenvalue weighted by molar-refractivity contribution is 0.582. The number of pyridine rings is 1. The Bertz CT molecular complexity index is 503. The van der Waals surface area contributed by atoms with E-state index in [9.17, 15) is 0 Å². The van der Waals surface area contributed by atoms with Crippen molar-refractivity contribution < 1.29 is 0 Å². The SMILES string of the molecule is c1cnc2cc(N3C[C@H]4C[C@H]3CN4)sc2c1. The first-order chi connectivity index (χ1) is 7.90. The molecule has 2 aliphatic rings. The molecule has 2 bridgehead atoms. The van der Waals surface area contributed by atoms with E-state index < -0.39 is 0 Å². The lowest BCUT2D eigenvalue weighted by atomic mass is 10.2. The number of anilines is 1. The molecule has 3 nitrogen and oxygen atoms in total. The normalized spacial score (nSPS) is 28.1. The summed E-state index contributed by atoms with van der Waals surface area (Å²) in [6.45, 7) is 2.31. The Morgan fingerprint density at radius 3 is 3.25 bits per heavy atom. The van der Waals surface area contributed by atoms with Gasteiger partial charge in [0.05, 0.1) is 15.2 Å². The van der Waals surface area contributed by atoms with E-state index in [1.54, 1.807) is 0 Å². The monoisotopic (exact) mass is 231 g/mol. The Morgan fingerprint density at radius 2 is 2.50 bits per heavy atom. The molecule has 0 aliphatic carbocycles. The fourth-order valence-electron chi connectivity index (χ4n) is 2.83. The smallest absolute Gasteiger partial charge is 0.0940 e. The van der Waals surface area contributed by atoms with Gasteiger partial charge in [-0.2, -0.15) is 0 Å². The minimum Gasteiger partial charge on any atom is -0.357 e. The van der Waals surface area contributed by atoms with E-state index >= 15 is 0 Å². The minimum absolute atomic E-state index is 0.707. The van der Waals surface area contributed by atoms with Crippen LogP contribution in [0.3, 0.4) is 0 Å².